The van der Waals surface area contributed by atoms with Gasteiger partial charge in [-0.3, -0.25) is 9.59 Å². The minimum Gasteiger partial charge on any atom is -0.342 e. The summed E-state index contributed by atoms with van der Waals surface area (Å²) in [4.78, 5) is 37.1. The van der Waals surface area contributed by atoms with Gasteiger partial charge in [-0.1, -0.05) is 0 Å². The van der Waals surface area contributed by atoms with Crippen LogP contribution in [0.2, 0.25) is 0 Å². The molecule has 0 spiro atoms. The quantitative estimate of drug-likeness (QED) is 0.761. The molecule has 2 aromatic heterocycles. The second-order valence-corrected chi connectivity index (χ2v) is 8.03. The molecule has 2 aromatic rings. The Hall–Kier alpha value is -2.22. The number of nitrogens with zero attached hydrogens (tertiary/aromatic N) is 5. The van der Waals surface area contributed by atoms with E-state index in [4.69, 9.17) is 0 Å². The second kappa shape index (κ2) is 8.21. The van der Waals surface area contributed by atoms with E-state index in [0.29, 0.717) is 25.9 Å². The minimum absolute atomic E-state index is 0.150. The van der Waals surface area contributed by atoms with Gasteiger partial charge in [0, 0.05) is 62.7 Å². The third kappa shape index (κ3) is 4.21. The molecule has 0 N–H and O–H groups in total. The van der Waals surface area contributed by atoms with Crippen LogP contribution < -0.4 is 0 Å². The number of hydrogen-bond donors (Lipinski definition) is 0. The summed E-state index contributed by atoms with van der Waals surface area (Å²) >= 11 is 1.60. The number of carbonyl (C=O) groups is 2. The van der Waals surface area contributed by atoms with Gasteiger partial charge in [0.25, 0.3) is 0 Å². The van der Waals surface area contributed by atoms with Crippen molar-refractivity contribution in [3.05, 3.63) is 34.8 Å². The molecule has 1 atom stereocenters. The van der Waals surface area contributed by atoms with Crippen molar-refractivity contribution in [3.8, 4) is 0 Å². The number of aromatic nitrogens is 3. The van der Waals surface area contributed by atoms with E-state index in [0.717, 1.165) is 50.4 Å². The number of thiazole rings is 1. The van der Waals surface area contributed by atoms with Crippen molar-refractivity contribution in [2.45, 2.75) is 44.6 Å². The molecule has 2 fully saturated rings. The third-order valence-electron chi connectivity index (χ3n) is 5.47. The van der Waals surface area contributed by atoms with Crippen molar-refractivity contribution in [2.75, 3.05) is 26.2 Å². The molecule has 2 saturated heterocycles. The van der Waals surface area contributed by atoms with E-state index in [-0.39, 0.29) is 17.7 Å². The molecule has 2 aliphatic heterocycles. The number of likely N-dealkylation sites (tertiary alicyclic amines) is 2. The molecule has 7 nitrogen and oxygen atoms in total. The number of amides is 2. The lowest BCUT2D eigenvalue weighted by atomic mass is 9.96. The predicted octanol–water partition coefficient (Wildman–Crippen LogP) is 2.11. The molecule has 0 aromatic carbocycles. The number of imidazole rings is 1. The zero-order chi connectivity index (χ0) is 18.6. The minimum atomic E-state index is 0.150. The van der Waals surface area contributed by atoms with Gasteiger partial charge in [-0.25, -0.2) is 9.97 Å². The summed E-state index contributed by atoms with van der Waals surface area (Å²) in [6.45, 7) is 3.58. The molecule has 0 bridgehead atoms. The SMILES string of the molecule is O=C1CCCN1CCC(=O)N1CCCC(c2nccn2Cc2cscn2)C1. The molecular formula is C19H25N5O2S. The molecular weight excluding hydrogens is 362 g/mol. The molecule has 0 radical (unpaired) electrons. The van der Waals surface area contributed by atoms with E-state index in [9.17, 15) is 9.59 Å². The lowest BCUT2D eigenvalue weighted by Crippen LogP contribution is -2.41. The summed E-state index contributed by atoms with van der Waals surface area (Å²) < 4.78 is 2.15. The Morgan fingerprint density at radius 2 is 2.19 bits per heavy atom. The van der Waals surface area contributed by atoms with Gasteiger partial charge >= 0.3 is 0 Å². The van der Waals surface area contributed by atoms with Gasteiger partial charge in [0.15, 0.2) is 0 Å². The lowest BCUT2D eigenvalue weighted by Gasteiger charge is -2.33. The Bertz CT molecular complexity index is 788. The Morgan fingerprint density at radius 1 is 1.26 bits per heavy atom. The van der Waals surface area contributed by atoms with Crippen molar-refractivity contribution >= 4 is 23.2 Å². The Balaban J connectivity index is 1.36. The average molecular weight is 388 g/mol. The zero-order valence-corrected chi connectivity index (χ0v) is 16.2. The van der Waals surface area contributed by atoms with Crippen LogP contribution in [0.4, 0.5) is 0 Å². The molecule has 144 valence electrons. The number of piperidine rings is 1. The summed E-state index contributed by atoms with van der Waals surface area (Å²) in [5.41, 5.74) is 2.89. The normalized spacial score (nSPS) is 20.4. The van der Waals surface area contributed by atoms with Crippen LogP contribution in [-0.4, -0.2) is 62.3 Å². The van der Waals surface area contributed by atoms with Crippen molar-refractivity contribution in [1.82, 2.24) is 24.3 Å². The maximum absolute atomic E-state index is 12.7. The molecule has 2 aliphatic rings. The van der Waals surface area contributed by atoms with E-state index < -0.39 is 0 Å². The Labute approximate surface area is 163 Å². The highest BCUT2D eigenvalue weighted by Gasteiger charge is 2.28. The molecule has 0 aliphatic carbocycles. The maximum Gasteiger partial charge on any atom is 0.224 e. The first kappa shape index (κ1) is 18.2. The summed E-state index contributed by atoms with van der Waals surface area (Å²) in [6.07, 6.45) is 7.83. The maximum atomic E-state index is 12.7. The van der Waals surface area contributed by atoms with Crippen LogP contribution in [0.1, 0.15) is 49.5 Å². The number of rotatable bonds is 6. The van der Waals surface area contributed by atoms with Gasteiger partial charge in [0.1, 0.15) is 5.82 Å². The van der Waals surface area contributed by atoms with Crippen molar-refractivity contribution in [3.63, 3.8) is 0 Å². The first-order valence-electron chi connectivity index (χ1n) is 9.64. The van der Waals surface area contributed by atoms with E-state index in [2.05, 4.69) is 19.9 Å². The van der Waals surface area contributed by atoms with E-state index in [1.54, 1.807) is 11.3 Å². The number of carbonyl (C=O) groups excluding carboxylic acids is 2. The van der Waals surface area contributed by atoms with Crippen LogP contribution in [-0.2, 0) is 16.1 Å². The van der Waals surface area contributed by atoms with Gasteiger partial charge < -0.3 is 14.4 Å². The highest BCUT2D eigenvalue weighted by Crippen LogP contribution is 2.27. The standard InChI is InChI=1S/C19H25N5O2S/c25-17-4-2-7-22(17)9-5-18(26)23-8-1-3-15(11-23)19-20-6-10-24(19)12-16-13-27-14-21-16/h6,10,13-15H,1-5,7-9,11-12H2. The lowest BCUT2D eigenvalue weighted by molar-refractivity contribution is -0.133. The largest absolute Gasteiger partial charge is 0.342 e. The monoisotopic (exact) mass is 387 g/mol. The summed E-state index contributed by atoms with van der Waals surface area (Å²) in [7, 11) is 0. The topological polar surface area (TPSA) is 71.3 Å². The van der Waals surface area contributed by atoms with Crippen LogP contribution in [0, 0.1) is 0 Å². The van der Waals surface area contributed by atoms with E-state index in [1.807, 2.05) is 27.7 Å². The summed E-state index contributed by atoms with van der Waals surface area (Å²) in [6, 6.07) is 0. The zero-order valence-electron chi connectivity index (χ0n) is 15.4. The molecule has 4 rings (SSSR count). The summed E-state index contributed by atoms with van der Waals surface area (Å²) in [5, 5.41) is 2.06. The highest BCUT2D eigenvalue weighted by molar-refractivity contribution is 7.07. The first-order valence-corrected chi connectivity index (χ1v) is 10.6. The fourth-order valence-electron chi connectivity index (χ4n) is 4.05. The van der Waals surface area contributed by atoms with E-state index >= 15 is 0 Å². The van der Waals surface area contributed by atoms with Crippen LogP contribution in [0.25, 0.3) is 0 Å². The highest BCUT2D eigenvalue weighted by atomic mass is 32.1. The third-order valence-corrected chi connectivity index (χ3v) is 6.10. The molecule has 2 amide bonds. The van der Waals surface area contributed by atoms with Gasteiger partial charge in [0.2, 0.25) is 11.8 Å². The van der Waals surface area contributed by atoms with Crippen molar-refractivity contribution in [2.24, 2.45) is 0 Å². The van der Waals surface area contributed by atoms with Gasteiger partial charge in [-0.2, -0.15) is 0 Å². The van der Waals surface area contributed by atoms with Crippen LogP contribution in [0.5, 0.6) is 0 Å². The Kier molecular flexibility index (Phi) is 5.52. The number of hydrogen-bond acceptors (Lipinski definition) is 5. The van der Waals surface area contributed by atoms with Crippen LogP contribution in [0.3, 0.4) is 0 Å². The van der Waals surface area contributed by atoms with Gasteiger partial charge in [-0.15, -0.1) is 11.3 Å². The molecule has 1 unspecified atom stereocenters. The fraction of sp³-hybridized carbons (Fsp3) is 0.579. The smallest absolute Gasteiger partial charge is 0.224 e. The first-order chi connectivity index (χ1) is 13.2. The van der Waals surface area contributed by atoms with Crippen molar-refractivity contribution in [1.29, 1.82) is 0 Å². The van der Waals surface area contributed by atoms with Crippen molar-refractivity contribution < 1.29 is 9.59 Å². The molecule has 8 heteroatoms. The van der Waals surface area contributed by atoms with Crippen LogP contribution in [0.15, 0.2) is 23.3 Å². The fourth-order valence-corrected chi connectivity index (χ4v) is 4.60. The molecule has 4 heterocycles. The average Bonchev–Trinajstić information content (AvgIpc) is 3.43. The van der Waals surface area contributed by atoms with Crippen LogP contribution >= 0.6 is 11.3 Å². The molecule has 27 heavy (non-hydrogen) atoms. The predicted molar refractivity (Wildman–Crippen MR) is 102 cm³/mol. The van der Waals surface area contributed by atoms with Gasteiger partial charge in [0.05, 0.1) is 17.7 Å². The summed E-state index contributed by atoms with van der Waals surface area (Å²) in [5.74, 6) is 1.63. The second-order valence-electron chi connectivity index (χ2n) is 7.31. The van der Waals surface area contributed by atoms with Gasteiger partial charge in [-0.05, 0) is 19.3 Å². The van der Waals surface area contributed by atoms with E-state index in [1.165, 1.54) is 0 Å². The molecule has 0 saturated carbocycles. The Morgan fingerprint density at radius 3 is 2.96 bits per heavy atom.